The summed E-state index contributed by atoms with van der Waals surface area (Å²) in [6.07, 6.45) is 9.94. The Kier molecular flexibility index (Phi) is 5.04. The number of anilines is 1. The minimum atomic E-state index is 0.484. The van der Waals surface area contributed by atoms with Gasteiger partial charge in [-0.2, -0.15) is 15.3 Å². The molecule has 5 heterocycles. The summed E-state index contributed by atoms with van der Waals surface area (Å²) in [5.41, 5.74) is 4.33. The molecule has 0 bridgehead atoms. The molecule has 156 valence electrons. The third-order valence-electron chi connectivity index (χ3n) is 5.63. The maximum absolute atomic E-state index is 9.46. The Bertz CT molecular complexity index is 1260. The van der Waals surface area contributed by atoms with E-state index in [4.69, 9.17) is 9.97 Å². The number of nitriles is 1. The number of fused-ring (bicyclic) bond motifs is 1. The lowest BCUT2D eigenvalue weighted by Gasteiger charge is -2.11. The van der Waals surface area contributed by atoms with E-state index in [0.29, 0.717) is 17.8 Å². The van der Waals surface area contributed by atoms with E-state index in [1.165, 1.54) is 12.8 Å². The van der Waals surface area contributed by atoms with Gasteiger partial charge in [0.2, 0.25) is 5.95 Å². The van der Waals surface area contributed by atoms with Gasteiger partial charge in [-0.25, -0.2) is 19.2 Å². The predicted molar refractivity (Wildman–Crippen MR) is 115 cm³/mol. The summed E-state index contributed by atoms with van der Waals surface area (Å²) >= 11 is 0. The monoisotopic (exact) mass is 413 g/mol. The van der Waals surface area contributed by atoms with Crippen molar-refractivity contribution in [2.45, 2.75) is 39.0 Å². The molecule has 0 radical (unpaired) electrons. The van der Waals surface area contributed by atoms with Crippen LogP contribution in [0.5, 0.6) is 0 Å². The van der Waals surface area contributed by atoms with Gasteiger partial charge in [0.1, 0.15) is 12.4 Å². The molecule has 1 aliphatic heterocycles. The summed E-state index contributed by atoms with van der Waals surface area (Å²) in [7, 11) is 0. The van der Waals surface area contributed by atoms with Crippen molar-refractivity contribution < 1.29 is 0 Å². The van der Waals surface area contributed by atoms with Crippen LogP contribution in [-0.4, -0.2) is 47.4 Å². The van der Waals surface area contributed by atoms with E-state index in [1.54, 1.807) is 40.1 Å². The highest BCUT2D eigenvalue weighted by molar-refractivity contribution is 5.54. The first-order valence-corrected chi connectivity index (χ1v) is 10.6. The Balaban J connectivity index is 1.55. The van der Waals surface area contributed by atoms with Crippen LogP contribution in [0.25, 0.3) is 11.5 Å². The Labute approximate surface area is 180 Å². The Hall–Kier alpha value is -3.80. The van der Waals surface area contributed by atoms with Crippen molar-refractivity contribution in [3.63, 3.8) is 0 Å². The lowest BCUT2D eigenvalue weighted by Crippen LogP contribution is -2.19. The fourth-order valence-electron chi connectivity index (χ4n) is 4.12. The summed E-state index contributed by atoms with van der Waals surface area (Å²) in [5.74, 6) is 1.31. The molecular weight excluding hydrogens is 390 g/mol. The molecule has 0 atom stereocenters. The van der Waals surface area contributed by atoms with E-state index in [0.717, 1.165) is 54.5 Å². The topological polar surface area (TPSA) is 101 Å². The van der Waals surface area contributed by atoms with Gasteiger partial charge in [0, 0.05) is 37.5 Å². The van der Waals surface area contributed by atoms with Crippen LogP contribution in [0.15, 0.2) is 36.9 Å². The molecule has 9 heteroatoms. The van der Waals surface area contributed by atoms with Crippen molar-refractivity contribution in [1.29, 1.82) is 5.26 Å². The van der Waals surface area contributed by atoms with Crippen LogP contribution in [0.4, 0.5) is 5.95 Å². The van der Waals surface area contributed by atoms with E-state index in [2.05, 4.69) is 33.1 Å². The van der Waals surface area contributed by atoms with E-state index < -0.39 is 0 Å². The van der Waals surface area contributed by atoms with Crippen molar-refractivity contribution in [2.75, 3.05) is 18.0 Å². The molecule has 0 spiro atoms. The van der Waals surface area contributed by atoms with Crippen LogP contribution in [0, 0.1) is 11.3 Å². The van der Waals surface area contributed by atoms with Crippen molar-refractivity contribution in [1.82, 2.24) is 34.3 Å². The molecule has 0 amide bonds. The standard InChI is InChI=1S/C22H23N9/c1-2-6-18-19(25-15-30-21(18)27-22(28-30)29-11-3-4-12-29)13-17-8-10-26-31(17)20-16(14-23)7-5-9-24-20/h5,7-10,15H,2-4,6,11-13H2,1H3. The minimum Gasteiger partial charge on any atom is -0.340 e. The summed E-state index contributed by atoms with van der Waals surface area (Å²) in [6, 6.07) is 7.64. The highest BCUT2D eigenvalue weighted by atomic mass is 15.4. The van der Waals surface area contributed by atoms with Crippen molar-refractivity contribution in [3.8, 4) is 11.9 Å². The summed E-state index contributed by atoms with van der Waals surface area (Å²) in [6.45, 7) is 4.16. The van der Waals surface area contributed by atoms with Crippen molar-refractivity contribution in [3.05, 3.63) is 59.4 Å². The molecule has 0 saturated carbocycles. The van der Waals surface area contributed by atoms with Crippen LogP contribution in [0.2, 0.25) is 0 Å². The van der Waals surface area contributed by atoms with E-state index in [1.807, 2.05) is 6.07 Å². The molecule has 0 aromatic carbocycles. The smallest absolute Gasteiger partial charge is 0.245 e. The first kappa shape index (κ1) is 19.2. The highest BCUT2D eigenvalue weighted by Gasteiger charge is 2.21. The van der Waals surface area contributed by atoms with Crippen LogP contribution in [-0.2, 0) is 12.8 Å². The molecule has 5 rings (SSSR count). The van der Waals surface area contributed by atoms with Gasteiger partial charge >= 0.3 is 0 Å². The molecule has 31 heavy (non-hydrogen) atoms. The SMILES string of the molecule is CCCc1c(Cc2ccnn2-c2ncccc2C#N)ncn2nc(N3CCCC3)nc12. The zero-order valence-electron chi connectivity index (χ0n) is 17.4. The van der Waals surface area contributed by atoms with Gasteiger partial charge in [-0.1, -0.05) is 13.3 Å². The van der Waals surface area contributed by atoms with E-state index >= 15 is 0 Å². The quantitative estimate of drug-likeness (QED) is 0.479. The van der Waals surface area contributed by atoms with Crippen molar-refractivity contribution in [2.24, 2.45) is 0 Å². The zero-order valence-corrected chi connectivity index (χ0v) is 17.4. The Morgan fingerprint density at radius 3 is 2.81 bits per heavy atom. The molecule has 0 unspecified atom stereocenters. The van der Waals surface area contributed by atoms with Crippen LogP contribution < -0.4 is 4.90 Å². The number of hydrogen-bond acceptors (Lipinski definition) is 7. The van der Waals surface area contributed by atoms with Crippen LogP contribution in [0.3, 0.4) is 0 Å². The van der Waals surface area contributed by atoms with Crippen molar-refractivity contribution >= 4 is 11.6 Å². The first-order chi connectivity index (χ1) is 15.3. The van der Waals surface area contributed by atoms with Gasteiger partial charge in [-0.15, -0.1) is 5.10 Å². The van der Waals surface area contributed by atoms with E-state index in [-0.39, 0.29) is 0 Å². The van der Waals surface area contributed by atoms with Gasteiger partial charge in [0.15, 0.2) is 11.5 Å². The van der Waals surface area contributed by atoms with Crippen LogP contribution in [0.1, 0.15) is 48.7 Å². The maximum Gasteiger partial charge on any atom is 0.245 e. The second-order valence-electron chi connectivity index (χ2n) is 7.69. The highest BCUT2D eigenvalue weighted by Crippen LogP contribution is 2.23. The van der Waals surface area contributed by atoms with Gasteiger partial charge < -0.3 is 4.90 Å². The number of hydrogen-bond donors (Lipinski definition) is 0. The molecule has 0 aliphatic carbocycles. The van der Waals surface area contributed by atoms with Gasteiger partial charge in [0.25, 0.3) is 0 Å². The number of aromatic nitrogens is 7. The van der Waals surface area contributed by atoms with Gasteiger partial charge in [0.05, 0.1) is 17.0 Å². The Morgan fingerprint density at radius 1 is 1.13 bits per heavy atom. The third kappa shape index (κ3) is 3.50. The Morgan fingerprint density at radius 2 is 2.00 bits per heavy atom. The van der Waals surface area contributed by atoms with E-state index in [9.17, 15) is 5.26 Å². The van der Waals surface area contributed by atoms with Gasteiger partial charge in [-0.05, 0) is 37.5 Å². The summed E-state index contributed by atoms with van der Waals surface area (Å²) < 4.78 is 3.52. The second-order valence-corrected chi connectivity index (χ2v) is 7.69. The lowest BCUT2D eigenvalue weighted by atomic mass is 10.1. The molecule has 4 aromatic rings. The zero-order chi connectivity index (χ0) is 21.2. The largest absolute Gasteiger partial charge is 0.340 e. The number of aryl methyl sites for hydroxylation is 1. The first-order valence-electron chi connectivity index (χ1n) is 10.6. The third-order valence-corrected chi connectivity index (χ3v) is 5.63. The number of rotatable bonds is 6. The summed E-state index contributed by atoms with van der Waals surface area (Å²) in [5, 5.41) is 18.5. The molecule has 9 nitrogen and oxygen atoms in total. The predicted octanol–water partition coefficient (Wildman–Crippen LogP) is 2.72. The molecule has 1 fully saturated rings. The summed E-state index contributed by atoms with van der Waals surface area (Å²) in [4.78, 5) is 16.2. The maximum atomic E-state index is 9.46. The second kappa shape index (κ2) is 8.14. The molecule has 1 aliphatic rings. The molecule has 1 saturated heterocycles. The lowest BCUT2D eigenvalue weighted by molar-refractivity contribution is 0.774. The fourth-order valence-corrected chi connectivity index (χ4v) is 4.12. The normalized spacial score (nSPS) is 13.7. The molecule has 0 N–H and O–H groups in total. The van der Waals surface area contributed by atoms with Crippen LogP contribution >= 0.6 is 0 Å². The average molecular weight is 413 g/mol. The number of pyridine rings is 1. The number of nitrogens with zero attached hydrogens (tertiary/aromatic N) is 9. The fraction of sp³-hybridized carbons (Fsp3) is 0.364. The van der Waals surface area contributed by atoms with Gasteiger partial charge in [-0.3, -0.25) is 0 Å². The minimum absolute atomic E-state index is 0.484. The molecule has 4 aromatic heterocycles. The molecular formula is C22H23N9. The average Bonchev–Trinajstić information content (AvgIpc) is 3.55.